The average Bonchev–Trinajstić information content (AvgIpc) is 2.83. The number of benzene rings is 3. The zero-order chi connectivity index (χ0) is 24.8. The van der Waals surface area contributed by atoms with Crippen LogP contribution in [0.15, 0.2) is 83.5 Å². The quantitative estimate of drug-likeness (QED) is 0.238. The Hall–Kier alpha value is -3.82. The minimum absolute atomic E-state index is 0.138. The summed E-state index contributed by atoms with van der Waals surface area (Å²) in [6, 6.07) is 18.3. The number of nitrogens with one attached hydrogen (secondary N) is 3. The van der Waals surface area contributed by atoms with Crippen molar-refractivity contribution in [3.8, 4) is 0 Å². The van der Waals surface area contributed by atoms with Gasteiger partial charge in [-0.25, -0.2) is 9.37 Å². The van der Waals surface area contributed by atoms with E-state index in [1.54, 1.807) is 12.3 Å². The largest absolute Gasteiger partial charge is 0.339 e. The highest BCUT2D eigenvalue weighted by atomic mass is 79.9. The van der Waals surface area contributed by atoms with Gasteiger partial charge >= 0.3 is 0 Å². The lowest BCUT2D eigenvalue weighted by atomic mass is 10.1. The molecule has 0 fully saturated rings. The van der Waals surface area contributed by atoms with Gasteiger partial charge in [0, 0.05) is 30.2 Å². The summed E-state index contributed by atoms with van der Waals surface area (Å²) in [5.41, 5.74) is 1.44. The van der Waals surface area contributed by atoms with Crippen LogP contribution < -0.4 is 16.0 Å². The van der Waals surface area contributed by atoms with Crippen LogP contribution in [0, 0.1) is 5.82 Å². The highest BCUT2D eigenvalue weighted by Gasteiger charge is 2.10. The first-order valence-electron chi connectivity index (χ1n) is 10.8. The molecule has 0 aliphatic carbocycles. The van der Waals surface area contributed by atoms with E-state index in [0.29, 0.717) is 22.5 Å². The zero-order valence-corrected chi connectivity index (χ0v) is 20.8. The Kier molecular flexibility index (Phi) is 7.69. The van der Waals surface area contributed by atoms with Crippen molar-refractivity contribution in [1.82, 2.24) is 14.9 Å². The Labute approximate surface area is 211 Å². The molecule has 3 N–H and O–H groups in total. The third-order valence-electron chi connectivity index (χ3n) is 4.98. The van der Waals surface area contributed by atoms with Crippen molar-refractivity contribution in [1.29, 1.82) is 0 Å². The Morgan fingerprint density at radius 3 is 2.60 bits per heavy atom. The number of carbonyl (C=O) groups excluding carboxylic acids is 1. The SMILES string of the molecule is CN(C)C/C=C/C(=O)Nc1ccc(F)c(Nc2ncc(Br)c(Nc3ccc4ccccc4c3)n2)c1. The first kappa shape index (κ1) is 24.3. The van der Waals surface area contributed by atoms with E-state index in [-0.39, 0.29) is 17.5 Å². The summed E-state index contributed by atoms with van der Waals surface area (Å²) < 4.78 is 15.1. The second-order valence-electron chi connectivity index (χ2n) is 8.05. The number of fused-ring (bicyclic) bond motifs is 1. The van der Waals surface area contributed by atoms with E-state index in [2.05, 4.69) is 41.8 Å². The number of carbonyl (C=O) groups is 1. The van der Waals surface area contributed by atoms with E-state index in [1.165, 1.54) is 24.3 Å². The molecule has 0 unspecified atom stereocenters. The molecule has 178 valence electrons. The highest BCUT2D eigenvalue weighted by Crippen LogP contribution is 2.28. The van der Waals surface area contributed by atoms with Gasteiger partial charge in [-0.2, -0.15) is 4.98 Å². The number of hydrogen-bond acceptors (Lipinski definition) is 6. The van der Waals surface area contributed by atoms with Gasteiger partial charge < -0.3 is 20.9 Å². The summed E-state index contributed by atoms with van der Waals surface area (Å²) in [5, 5.41) is 11.1. The molecule has 0 bridgehead atoms. The third-order valence-corrected chi connectivity index (χ3v) is 5.56. The second-order valence-corrected chi connectivity index (χ2v) is 8.90. The Balaban J connectivity index is 1.50. The predicted molar refractivity (Wildman–Crippen MR) is 143 cm³/mol. The van der Waals surface area contributed by atoms with Crippen molar-refractivity contribution in [3.63, 3.8) is 0 Å². The Morgan fingerprint density at radius 2 is 1.80 bits per heavy atom. The number of amides is 1. The van der Waals surface area contributed by atoms with Crippen molar-refractivity contribution in [2.45, 2.75) is 0 Å². The zero-order valence-electron chi connectivity index (χ0n) is 19.2. The van der Waals surface area contributed by atoms with Crippen LogP contribution >= 0.6 is 15.9 Å². The fourth-order valence-corrected chi connectivity index (χ4v) is 3.58. The van der Waals surface area contributed by atoms with E-state index in [0.717, 1.165) is 16.5 Å². The molecule has 0 spiro atoms. The number of halogens is 2. The van der Waals surface area contributed by atoms with E-state index in [4.69, 9.17) is 0 Å². The molecule has 35 heavy (non-hydrogen) atoms. The number of likely N-dealkylation sites (N-methyl/N-ethyl adjacent to an activating group) is 1. The van der Waals surface area contributed by atoms with Crippen LogP contribution in [-0.4, -0.2) is 41.4 Å². The molecule has 3 aromatic carbocycles. The van der Waals surface area contributed by atoms with Crippen molar-refractivity contribution < 1.29 is 9.18 Å². The topological polar surface area (TPSA) is 82.2 Å². The fourth-order valence-electron chi connectivity index (χ4n) is 3.29. The summed E-state index contributed by atoms with van der Waals surface area (Å²) in [6.45, 7) is 0.639. The minimum atomic E-state index is -0.498. The smallest absolute Gasteiger partial charge is 0.248 e. The fraction of sp³-hybridized carbons (Fsp3) is 0.115. The minimum Gasteiger partial charge on any atom is -0.339 e. The molecule has 1 aromatic heterocycles. The Bertz CT molecular complexity index is 1390. The molecule has 7 nitrogen and oxygen atoms in total. The van der Waals surface area contributed by atoms with Crippen molar-refractivity contribution >= 4 is 61.4 Å². The van der Waals surface area contributed by atoms with Crippen LogP contribution in [0.5, 0.6) is 0 Å². The summed E-state index contributed by atoms with van der Waals surface area (Å²) in [4.78, 5) is 22.8. The lowest BCUT2D eigenvalue weighted by molar-refractivity contribution is -0.111. The molecule has 1 heterocycles. The number of aromatic nitrogens is 2. The van der Waals surface area contributed by atoms with E-state index < -0.39 is 5.82 Å². The number of hydrogen-bond donors (Lipinski definition) is 3. The van der Waals surface area contributed by atoms with Crippen LogP contribution in [0.2, 0.25) is 0 Å². The van der Waals surface area contributed by atoms with Crippen molar-refractivity contribution in [2.24, 2.45) is 0 Å². The van der Waals surface area contributed by atoms with Gasteiger partial charge in [0.05, 0.1) is 10.2 Å². The third kappa shape index (κ3) is 6.62. The van der Waals surface area contributed by atoms with Gasteiger partial charge in [0.15, 0.2) is 0 Å². The summed E-state index contributed by atoms with van der Waals surface area (Å²) in [6.07, 6.45) is 4.77. The van der Waals surface area contributed by atoms with E-state index in [1.807, 2.05) is 61.5 Å². The van der Waals surface area contributed by atoms with Gasteiger partial charge in [-0.05, 0) is 71.1 Å². The molecular formula is C26H24BrFN6O. The van der Waals surface area contributed by atoms with Gasteiger partial charge in [-0.3, -0.25) is 4.79 Å². The molecule has 4 rings (SSSR count). The summed E-state index contributed by atoms with van der Waals surface area (Å²) >= 11 is 3.46. The van der Waals surface area contributed by atoms with Crippen molar-refractivity contribution in [2.75, 3.05) is 36.6 Å². The van der Waals surface area contributed by atoms with Crippen LogP contribution in [0.3, 0.4) is 0 Å². The molecule has 1 amide bonds. The van der Waals surface area contributed by atoms with Crippen LogP contribution in [0.1, 0.15) is 0 Å². The molecule has 4 aromatic rings. The first-order valence-corrected chi connectivity index (χ1v) is 11.6. The number of anilines is 5. The maximum atomic E-state index is 14.5. The summed E-state index contributed by atoms with van der Waals surface area (Å²) in [5.74, 6) is -0.0775. The standard InChI is InChI=1S/C26H24BrFN6O/c1-34(2)13-5-8-24(35)30-20-11-12-22(28)23(15-20)32-26-29-16-21(27)25(33-26)31-19-10-9-17-6-3-4-7-18(17)14-19/h3-12,14-16H,13H2,1-2H3,(H,30,35)(H2,29,31,32,33)/b8-5+. The second kappa shape index (κ2) is 11.1. The average molecular weight is 535 g/mol. The molecule has 0 aliphatic heterocycles. The molecule has 0 radical (unpaired) electrons. The normalized spacial score (nSPS) is 11.2. The van der Waals surface area contributed by atoms with Gasteiger partial charge in [-0.15, -0.1) is 0 Å². The summed E-state index contributed by atoms with van der Waals surface area (Å²) in [7, 11) is 3.82. The van der Waals surface area contributed by atoms with Gasteiger partial charge in [0.25, 0.3) is 0 Å². The Morgan fingerprint density at radius 1 is 1.03 bits per heavy atom. The maximum absolute atomic E-state index is 14.5. The number of rotatable bonds is 8. The molecular weight excluding hydrogens is 511 g/mol. The lowest BCUT2D eigenvalue weighted by Crippen LogP contribution is -2.13. The van der Waals surface area contributed by atoms with Crippen LogP contribution in [0.25, 0.3) is 10.8 Å². The highest BCUT2D eigenvalue weighted by molar-refractivity contribution is 9.10. The predicted octanol–water partition coefficient (Wildman–Crippen LogP) is 6.07. The van der Waals surface area contributed by atoms with E-state index >= 15 is 0 Å². The van der Waals surface area contributed by atoms with E-state index in [9.17, 15) is 9.18 Å². The molecule has 0 atom stereocenters. The molecule has 9 heteroatoms. The monoisotopic (exact) mass is 534 g/mol. The van der Waals surface area contributed by atoms with Gasteiger partial charge in [0.2, 0.25) is 11.9 Å². The first-order chi connectivity index (χ1) is 16.9. The lowest BCUT2D eigenvalue weighted by Gasteiger charge is -2.12. The number of nitrogens with zero attached hydrogens (tertiary/aromatic N) is 3. The molecule has 0 saturated heterocycles. The van der Waals surface area contributed by atoms with Crippen molar-refractivity contribution in [3.05, 3.63) is 89.3 Å². The van der Waals surface area contributed by atoms with Gasteiger partial charge in [-0.1, -0.05) is 36.4 Å². The van der Waals surface area contributed by atoms with Crippen LogP contribution in [-0.2, 0) is 4.79 Å². The maximum Gasteiger partial charge on any atom is 0.248 e. The molecule has 0 saturated carbocycles. The molecule has 0 aliphatic rings. The van der Waals surface area contributed by atoms with Crippen LogP contribution in [0.4, 0.5) is 33.2 Å². The van der Waals surface area contributed by atoms with Gasteiger partial charge in [0.1, 0.15) is 11.6 Å².